The van der Waals surface area contributed by atoms with Gasteiger partial charge in [0.05, 0.1) is 12.6 Å². The number of pyridine rings is 2. The van der Waals surface area contributed by atoms with E-state index in [1.165, 1.54) is 13.2 Å². The highest BCUT2D eigenvalue weighted by Gasteiger charge is 2.11. The van der Waals surface area contributed by atoms with Crippen molar-refractivity contribution in [1.82, 2.24) is 9.97 Å². The van der Waals surface area contributed by atoms with E-state index in [1.54, 1.807) is 18.5 Å². The van der Waals surface area contributed by atoms with Crippen molar-refractivity contribution in [3.05, 3.63) is 40.4 Å². The molecule has 5 heteroatoms. The van der Waals surface area contributed by atoms with Crippen molar-refractivity contribution in [2.45, 2.75) is 13.8 Å². The summed E-state index contributed by atoms with van der Waals surface area (Å²) in [5.74, 6) is -0.651. The van der Waals surface area contributed by atoms with Gasteiger partial charge in [-0.25, -0.2) is 4.79 Å². The van der Waals surface area contributed by atoms with Gasteiger partial charge in [0, 0.05) is 17.8 Å². The van der Waals surface area contributed by atoms with Crippen molar-refractivity contribution in [3.63, 3.8) is 0 Å². The van der Waals surface area contributed by atoms with Gasteiger partial charge in [-0.3, -0.25) is 9.78 Å². The molecule has 0 radical (unpaired) electrons. The van der Waals surface area contributed by atoms with Crippen LogP contribution in [0.2, 0.25) is 0 Å². The number of fused-ring (bicyclic) bond motifs is 1. The Balaban J connectivity index is 0.000000686. The first kappa shape index (κ1) is 12.9. The molecule has 0 amide bonds. The minimum Gasteiger partial charge on any atom is -0.465 e. The molecule has 0 saturated carbocycles. The number of nitrogens with one attached hydrogen (secondary N) is 1. The molecule has 0 bridgehead atoms. The second-order valence-corrected chi connectivity index (χ2v) is 2.97. The number of aromatic nitrogens is 2. The van der Waals surface area contributed by atoms with Crippen LogP contribution in [0, 0.1) is 0 Å². The number of carbonyl (C=O) groups excluding carboxylic acids is 1. The van der Waals surface area contributed by atoms with Gasteiger partial charge in [-0.1, -0.05) is 13.8 Å². The third-order valence-corrected chi connectivity index (χ3v) is 2.05. The van der Waals surface area contributed by atoms with Gasteiger partial charge in [-0.05, 0) is 12.1 Å². The minimum atomic E-state index is -0.651. The summed E-state index contributed by atoms with van der Waals surface area (Å²) >= 11 is 0. The first-order valence-corrected chi connectivity index (χ1v) is 5.28. The maximum absolute atomic E-state index is 11.5. The SMILES string of the molecule is CC.COC(=O)c1cc2cnccc2[nH]c1=O. The van der Waals surface area contributed by atoms with Crippen molar-refractivity contribution in [2.24, 2.45) is 0 Å². The van der Waals surface area contributed by atoms with E-state index in [4.69, 9.17) is 0 Å². The van der Waals surface area contributed by atoms with Gasteiger partial charge >= 0.3 is 5.97 Å². The lowest BCUT2D eigenvalue weighted by atomic mass is 10.2. The van der Waals surface area contributed by atoms with E-state index in [-0.39, 0.29) is 5.56 Å². The lowest BCUT2D eigenvalue weighted by Gasteiger charge is -2.00. The number of hydrogen-bond donors (Lipinski definition) is 1. The standard InChI is InChI=1S/C10H8N2O3.C2H6/c1-15-10(14)7-4-6-5-11-3-2-8(6)12-9(7)13;1-2/h2-5H,1H3,(H,12,13);1-2H3. The zero-order valence-electron chi connectivity index (χ0n) is 9.98. The highest BCUT2D eigenvalue weighted by molar-refractivity contribution is 5.93. The Morgan fingerprint density at radius 2 is 2.12 bits per heavy atom. The molecular formula is C12H14N2O3. The second kappa shape index (κ2) is 5.79. The Morgan fingerprint density at radius 1 is 1.41 bits per heavy atom. The van der Waals surface area contributed by atoms with Crippen LogP contribution in [0.15, 0.2) is 29.3 Å². The fourth-order valence-corrected chi connectivity index (χ4v) is 1.31. The molecule has 90 valence electrons. The summed E-state index contributed by atoms with van der Waals surface area (Å²) in [7, 11) is 1.23. The molecule has 2 rings (SSSR count). The van der Waals surface area contributed by atoms with Gasteiger partial charge in [0.1, 0.15) is 5.56 Å². The first-order valence-electron chi connectivity index (χ1n) is 5.28. The molecule has 0 saturated heterocycles. The number of rotatable bonds is 1. The molecule has 2 aromatic rings. The predicted molar refractivity (Wildman–Crippen MR) is 65.1 cm³/mol. The van der Waals surface area contributed by atoms with E-state index in [1.807, 2.05) is 13.8 Å². The van der Waals surface area contributed by atoms with Crippen molar-refractivity contribution in [1.29, 1.82) is 0 Å². The Hall–Kier alpha value is -2.17. The van der Waals surface area contributed by atoms with Crippen LogP contribution >= 0.6 is 0 Å². The first-order chi connectivity index (χ1) is 8.22. The molecule has 2 heterocycles. The summed E-state index contributed by atoms with van der Waals surface area (Å²) in [5, 5.41) is 0.692. The fourth-order valence-electron chi connectivity index (χ4n) is 1.31. The summed E-state index contributed by atoms with van der Waals surface area (Å²) < 4.78 is 4.49. The molecule has 0 aliphatic carbocycles. The Morgan fingerprint density at radius 3 is 2.76 bits per heavy atom. The van der Waals surface area contributed by atoms with E-state index >= 15 is 0 Å². The third kappa shape index (κ3) is 2.69. The minimum absolute atomic E-state index is 0.0157. The molecule has 0 unspecified atom stereocenters. The van der Waals surface area contributed by atoms with Gasteiger partial charge < -0.3 is 9.72 Å². The van der Waals surface area contributed by atoms with Crippen LogP contribution < -0.4 is 5.56 Å². The lowest BCUT2D eigenvalue weighted by molar-refractivity contribution is 0.0599. The number of aromatic amines is 1. The quantitative estimate of drug-likeness (QED) is 0.763. The molecule has 0 spiro atoms. The van der Waals surface area contributed by atoms with Crippen molar-refractivity contribution in [3.8, 4) is 0 Å². The van der Waals surface area contributed by atoms with Crippen molar-refractivity contribution >= 4 is 16.9 Å². The third-order valence-electron chi connectivity index (χ3n) is 2.05. The molecule has 0 fully saturated rings. The topological polar surface area (TPSA) is 72.0 Å². The Labute approximate surface area is 98.5 Å². The number of esters is 1. The molecule has 17 heavy (non-hydrogen) atoms. The summed E-state index contributed by atoms with van der Waals surface area (Å²) in [5.41, 5.74) is 0.168. The number of nitrogens with zero attached hydrogens (tertiary/aromatic N) is 1. The maximum Gasteiger partial charge on any atom is 0.343 e. The summed E-state index contributed by atoms with van der Waals surface area (Å²) in [6, 6.07) is 3.13. The second-order valence-electron chi connectivity index (χ2n) is 2.97. The van der Waals surface area contributed by atoms with E-state index in [2.05, 4.69) is 14.7 Å². The molecule has 2 aromatic heterocycles. The van der Waals surface area contributed by atoms with E-state index in [0.29, 0.717) is 10.9 Å². The van der Waals surface area contributed by atoms with Crippen LogP contribution in [0.3, 0.4) is 0 Å². The monoisotopic (exact) mass is 234 g/mol. The van der Waals surface area contributed by atoms with Gasteiger partial charge in [-0.2, -0.15) is 0 Å². The Kier molecular flexibility index (Phi) is 4.39. The van der Waals surface area contributed by atoms with Crippen LogP contribution in [0.1, 0.15) is 24.2 Å². The van der Waals surface area contributed by atoms with Crippen molar-refractivity contribution < 1.29 is 9.53 Å². The molecule has 0 aromatic carbocycles. The molecular weight excluding hydrogens is 220 g/mol. The van der Waals surface area contributed by atoms with Crippen molar-refractivity contribution in [2.75, 3.05) is 7.11 Å². The molecule has 0 aliphatic heterocycles. The average molecular weight is 234 g/mol. The van der Waals surface area contributed by atoms with Gasteiger partial charge in [-0.15, -0.1) is 0 Å². The van der Waals surface area contributed by atoms with Gasteiger partial charge in [0.2, 0.25) is 0 Å². The largest absolute Gasteiger partial charge is 0.465 e. The van der Waals surface area contributed by atoms with E-state index in [0.717, 1.165) is 0 Å². The maximum atomic E-state index is 11.5. The highest BCUT2D eigenvalue weighted by atomic mass is 16.5. The number of carbonyl (C=O) groups is 1. The number of hydrogen-bond acceptors (Lipinski definition) is 4. The average Bonchev–Trinajstić information content (AvgIpc) is 2.39. The van der Waals surface area contributed by atoms with E-state index < -0.39 is 11.5 Å². The summed E-state index contributed by atoms with van der Waals surface area (Å²) in [4.78, 5) is 29.1. The van der Waals surface area contributed by atoms with Crippen LogP contribution in [-0.2, 0) is 4.74 Å². The number of H-pyrrole nitrogens is 1. The zero-order valence-corrected chi connectivity index (χ0v) is 9.98. The smallest absolute Gasteiger partial charge is 0.343 e. The van der Waals surface area contributed by atoms with Crippen LogP contribution in [0.4, 0.5) is 0 Å². The van der Waals surface area contributed by atoms with Gasteiger partial charge in [0.25, 0.3) is 5.56 Å². The molecule has 0 aliphatic rings. The van der Waals surface area contributed by atoms with Gasteiger partial charge in [0.15, 0.2) is 0 Å². The molecule has 1 N–H and O–H groups in total. The lowest BCUT2D eigenvalue weighted by Crippen LogP contribution is -2.18. The normalized spacial score (nSPS) is 9.35. The van der Waals surface area contributed by atoms with Crippen LogP contribution in [0.25, 0.3) is 10.9 Å². The molecule has 5 nitrogen and oxygen atoms in total. The zero-order chi connectivity index (χ0) is 12.8. The highest BCUT2D eigenvalue weighted by Crippen LogP contribution is 2.08. The van der Waals surface area contributed by atoms with E-state index in [9.17, 15) is 9.59 Å². The molecule has 0 atom stereocenters. The summed E-state index contributed by atoms with van der Waals surface area (Å²) in [6.45, 7) is 4.00. The predicted octanol–water partition coefficient (Wildman–Crippen LogP) is 1.74. The number of methoxy groups -OCH3 is 1. The Bertz CT molecular complexity index is 575. The van der Waals surface area contributed by atoms with Crippen LogP contribution in [0.5, 0.6) is 0 Å². The van der Waals surface area contributed by atoms with Crippen LogP contribution in [-0.4, -0.2) is 23.0 Å². The summed E-state index contributed by atoms with van der Waals surface area (Å²) in [6.07, 6.45) is 3.13. The number of ether oxygens (including phenoxy) is 1. The fraction of sp³-hybridized carbons (Fsp3) is 0.250.